The molecule has 0 aliphatic carbocycles. The summed E-state index contributed by atoms with van der Waals surface area (Å²) in [7, 11) is 0. The van der Waals surface area contributed by atoms with Crippen molar-refractivity contribution < 1.29 is 9.84 Å². The van der Waals surface area contributed by atoms with Gasteiger partial charge >= 0.3 is 0 Å². The lowest BCUT2D eigenvalue weighted by Crippen LogP contribution is -2.26. The number of hydrogen-bond acceptors (Lipinski definition) is 5. The molecule has 1 aliphatic rings. The van der Waals surface area contributed by atoms with Crippen molar-refractivity contribution in [3.05, 3.63) is 71.3 Å². The molecule has 0 fully saturated rings. The van der Waals surface area contributed by atoms with Gasteiger partial charge in [-0.3, -0.25) is 4.90 Å². The number of aromatic hydroxyl groups is 1. The molecule has 0 radical (unpaired) electrons. The van der Waals surface area contributed by atoms with Crippen LogP contribution in [0.25, 0.3) is 11.1 Å². The zero-order valence-corrected chi connectivity index (χ0v) is 14.9. The molecule has 1 aromatic heterocycles. The van der Waals surface area contributed by atoms with Gasteiger partial charge in [0.1, 0.15) is 12.4 Å². The van der Waals surface area contributed by atoms with E-state index in [0.717, 1.165) is 29.1 Å². The quantitative estimate of drug-likeness (QED) is 0.760. The number of aromatic nitrogens is 2. The molecular weight excluding hydrogens is 350 g/mol. The van der Waals surface area contributed by atoms with Crippen molar-refractivity contribution >= 4 is 11.6 Å². The van der Waals surface area contributed by atoms with Crippen molar-refractivity contribution in [1.29, 1.82) is 0 Å². The van der Waals surface area contributed by atoms with E-state index >= 15 is 0 Å². The number of halogens is 1. The predicted molar refractivity (Wildman–Crippen MR) is 100 cm³/mol. The average molecular weight is 368 g/mol. The first-order valence-electron chi connectivity index (χ1n) is 8.42. The van der Waals surface area contributed by atoms with Gasteiger partial charge in [0, 0.05) is 36.1 Å². The lowest BCUT2D eigenvalue weighted by molar-refractivity contribution is 0.213. The summed E-state index contributed by atoms with van der Waals surface area (Å²) in [5.41, 5.74) is 2.80. The van der Waals surface area contributed by atoms with Crippen molar-refractivity contribution in [1.82, 2.24) is 14.9 Å². The normalized spacial score (nSPS) is 14.3. The van der Waals surface area contributed by atoms with Gasteiger partial charge in [0.25, 0.3) is 0 Å². The van der Waals surface area contributed by atoms with Crippen LogP contribution in [0, 0.1) is 0 Å². The van der Waals surface area contributed by atoms with Crippen LogP contribution in [0.15, 0.2) is 54.9 Å². The fourth-order valence-electron chi connectivity index (χ4n) is 3.13. The van der Waals surface area contributed by atoms with E-state index in [4.69, 9.17) is 16.3 Å². The molecule has 132 valence electrons. The number of rotatable bonds is 3. The average Bonchev–Trinajstić information content (AvgIpc) is 2.85. The third-order valence-corrected chi connectivity index (χ3v) is 4.57. The van der Waals surface area contributed by atoms with Crippen LogP contribution >= 0.6 is 11.6 Å². The minimum Gasteiger partial charge on any atom is -0.504 e. The third-order valence-electron chi connectivity index (χ3n) is 4.34. The number of fused-ring (bicyclic) bond motifs is 1. The van der Waals surface area contributed by atoms with Crippen LogP contribution < -0.4 is 4.74 Å². The highest BCUT2D eigenvalue weighted by Gasteiger charge is 2.20. The molecule has 0 saturated heterocycles. The Morgan fingerprint density at radius 2 is 1.92 bits per heavy atom. The summed E-state index contributed by atoms with van der Waals surface area (Å²) >= 11 is 6.11. The Bertz CT molecular complexity index is 918. The molecule has 1 aliphatic heterocycles. The fourth-order valence-corrected chi connectivity index (χ4v) is 3.32. The number of benzene rings is 2. The Labute approximate surface area is 156 Å². The molecule has 3 aromatic rings. The Kier molecular flexibility index (Phi) is 4.73. The molecular formula is C20H18ClN3O2. The van der Waals surface area contributed by atoms with Gasteiger partial charge < -0.3 is 9.84 Å². The molecule has 0 unspecified atom stereocenters. The molecule has 0 bridgehead atoms. The van der Waals surface area contributed by atoms with E-state index in [9.17, 15) is 5.11 Å². The Morgan fingerprint density at radius 1 is 1.08 bits per heavy atom. The molecule has 0 saturated carbocycles. The Hall–Kier alpha value is -2.63. The van der Waals surface area contributed by atoms with Crippen molar-refractivity contribution in [3.8, 4) is 22.6 Å². The van der Waals surface area contributed by atoms with Gasteiger partial charge in [0.05, 0.1) is 6.54 Å². The summed E-state index contributed by atoms with van der Waals surface area (Å²) in [6, 6.07) is 13.2. The topological polar surface area (TPSA) is 58.5 Å². The van der Waals surface area contributed by atoms with E-state index in [2.05, 4.69) is 14.9 Å². The van der Waals surface area contributed by atoms with Crippen LogP contribution in [-0.4, -0.2) is 33.1 Å². The molecule has 0 amide bonds. The molecule has 2 aromatic carbocycles. The maximum Gasteiger partial charge on any atom is 0.165 e. The van der Waals surface area contributed by atoms with Gasteiger partial charge in [0.2, 0.25) is 0 Å². The minimum absolute atomic E-state index is 0.148. The number of phenols is 1. The first kappa shape index (κ1) is 16.8. The zero-order chi connectivity index (χ0) is 17.9. The van der Waals surface area contributed by atoms with E-state index in [1.54, 1.807) is 24.5 Å². The standard InChI is InChI=1S/C20H18ClN3O2/c21-17-4-1-3-14(10-17)15-9-16-12-24(13-19-22-5-2-6-23-19)7-8-26-20(16)18(25)11-15/h1-6,9-11,25H,7-8,12-13H2. The highest BCUT2D eigenvalue weighted by molar-refractivity contribution is 6.30. The lowest BCUT2D eigenvalue weighted by Gasteiger charge is -2.18. The zero-order valence-electron chi connectivity index (χ0n) is 14.1. The van der Waals surface area contributed by atoms with Crippen molar-refractivity contribution in [3.63, 3.8) is 0 Å². The predicted octanol–water partition coefficient (Wildman–Crippen LogP) is 3.90. The molecule has 4 rings (SSSR count). The molecule has 1 N–H and O–H groups in total. The Morgan fingerprint density at radius 3 is 2.73 bits per heavy atom. The van der Waals surface area contributed by atoms with Crippen LogP contribution in [-0.2, 0) is 13.1 Å². The smallest absolute Gasteiger partial charge is 0.165 e. The van der Waals surface area contributed by atoms with E-state index < -0.39 is 0 Å². The summed E-state index contributed by atoms with van der Waals surface area (Å²) in [6.45, 7) is 2.52. The maximum atomic E-state index is 10.5. The third kappa shape index (κ3) is 3.64. The van der Waals surface area contributed by atoms with Crippen molar-refractivity contribution in [2.24, 2.45) is 0 Å². The largest absolute Gasteiger partial charge is 0.504 e. The van der Waals surface area contributed by atoms with E-state index in [1.807, 2.05) is 30.3 Å². The van der Waals surface area contributed by atoms with Crippen LogP contribution in [0.2, 0.25) is 5.02 Å². The summed E-state index contributed by atoms with van der Waals surface area (Å²) in [5, 5.41) is 11.1. The summed E-state index contributed by atoms with van der Waals surface area (Å²) < 4.78 is 5.80. The molecule has 2 heterocycles. The summed E-state index contributed by atoms with van der Waals surface area (Å²) in [5.74, 6) is 1.47. The number of phenolic OH excluding ortho intramolecular Hbond substituents is 1. The van der Waals surface area contributed by atoms with Crippen LogP contribution in [0.1, 0.15) is 11.4 Å². The first-order chi connectivity index (χ1) is 12.7. The van der Waals surface area contributed by atoms with Gasteiger partial charge in [-0.05, 0) is 41.5 Å². The monoisotopic (exact) mass is 367 g/mol. The SMILES string of the molecule is Oc1cc(-c2cccc(Cl)c2)cc2c1OCCN(Cc1ncccn1)C2. The summed E-state index contributed by atoms with van der Waals surface area (Å²) in [6.07, 6.45) is 3.49. The number of nitrogens with zero attached hydrogens (tertiary/aromatic N) is 3. The van der Waals surface area contributed by atoms with Crippen LogP contribution in [0.5, 0.6) is 11.5 Å². The van der Waals surface area contributed by atoms with Gasteiger partial charge in [-0.1, -0.05) is 23.7 Å². The highest BCUT2D eigenvalue weighted by atomic mass is 35.5. The van der Waals surface area contributed by atoms with Crippen molar-refractivity contribution in [2.45, 2.75) is 13.1 Å². The second-order valence-electron chi connectivity index (χ2n) is 6.22. The fraction of sp³-hybridized carbons (Fsp3) is 0.200. The lowest BCUT2D eigenvalue weighted by atomic mass is 10.0. The van der Waals surface area contributed by atoms with Gasteiger partial charge in [-0.15, -0.1) is 0 Å². The van der Waals surface area contributed by atoms with E-state index in [0.29, 0.717) is 30.5 Å². The Balaban J connectivity index is 1.65. The maximum absolute atomic E-state index is 10.5. The van der Waals surface area contributed by atoms with Gasteiger partial charge in [-0.2, -0.15) is 0 Å². The van der Waals surface area contributed by atoms with E-state index in [-0.39, 0.29) is 5.75 Å². The molecule has 6 heteroatoms. The molecule has 0 spiro atoms. The van der Waals surface area contributed by atoms with Gasteiger partial charge in [0.15, 0.2) is 11.5 Å². The molecule has 0 atom stereocenters. The number of ether oxygens (including phenoxy) is 1. The number of hydrogen-bond donors (Lipinski definition) is 1. The highest BCUT2D eigenvalue weighted by Crippen LogP contribution is 2.38. The summed E-state index contributed by atoms with van der Waals surface area (Å²) in [4.78, 5) is 10.8. The molecule has 26 heavy (non-hydrogen) atoms. The van der Waals surface area contributed by atoms with Crippen LogP contribution in [0.3, 0.4) is 0 Å². The van der Waals surface area contributed by atoms with Crippen molar-refractivity contribution in [2.75, 3.05) is 13.2 Å². The first-order valence-corrected chi connectivity index (χ1v) is 8.80. The second kappa shape index (κ2) is 7.32. The second-order valence-corrected chi connectivity index (χ2v) is 6.65. The van der Waals surface area contributed by atoms with Crippen LogP contribution in [0.4, 0.5) is 0 Å². The van der Waals surface area contributed by atoms with Gasteiger partial charge in [-0.25, -0.2) is 9.97 Å². The van der Waals surface area contributed by atoms with E-state index in [1.165, 1.54) is 0 Å². The minimum atomic E-state index is 0.148. The molecule has 5 nitrogen and oxygen atoms in total.